The van der Waals surface area contributed by atoms with Gasteiger partial charge in [0.1, 0.15) is 0 Å². The van der Waals surface area contributed by atoms with E-state index in [-0.39, 0.29) is 11.8 Å². The first-order valence-electron chi connectivity index (χ1n) is 8.70. The van der Waals surface area contributed by atoms with E-state index in [1.54, 1.807) is 6.20 Å². The van der Waals surface area contributed by atoms with Crippen molar-refractivity contribution in [2.45, 2.75) is 25.7 Å². The first kappa shape index (κ1) is 18.9. The fraction of sp³-hybridized carbons (Fsp3) is 0.400. The number of amides is 1. The average molecular weight is 340 g/mol. The number of nitrogens with two attached hydrogens (primary N) is 1. The highest BCUT2D eigenvalue weighted by atomic mass is 16.1. The zero-order valence-corrected chi connectivity index (χ0v) is 15.3. The van der Waals surface area contributed by atoms with Gasteiger partial charge in [-0.25, -0.2) is 0 Å². The van der Waals surface area contributed by atoms with Crippen molar-refractivity contribution in [1.82, 2.24) is 4.98 Å². The van der Waals surface area contributed by atoms with Gasteiger partial charge >= 0.3 is 0 Å². The second-order valence-corrected chi connectivity index (χ2v) is 6.66. The van der Waals surface area contributed by atoms with Crippen molar-refractivity contribution in [1.29, 1.82) is 0 Å². The van der Waals surface area contributed by atoms with Crippen molar-refractivity contribution in [3.8, 4) is 0 Å². The number of rotatable bonds is 8. The molecule has 0 saturated carbocycles. The molecule has 5 nitrogen and oxygen atoms in total. The minimum absolute atomic E-state index is 0.0276. The Labute approximate surface area is 150 Å². The topological polar surface area (TPSA) is 71.2 Å². The molecule has 1 aromatic carbocycles. The second kappa shape index (κ2) is 9.18. The van der Waals surface area contributed by atoms with Crippen LogP contribution < -0.4 is 16.0 Å². The van der Waals surface area contributed by atoms with Crippen LogP contribution in [0.4, 0.5) is 11.4 Å². The highest BCUT2D eigenvalue weighted by molar-refractivity contribution is 5.95. The first-order chi connectivity index (χ1) is 12.0. The molecule has 0 spiro atoms. The molecule has 1 amide bonds. The lowest BCUT2D eigenvalue weighted by molar-refractivity contribution is -0.118. The molecule has 0 radical (unpaired) electrons. The van der Waals surface area contributed by atoms with Gasteiger partial charge in [-0.05, 0) is 61.7 Å². The van der Waals surface area contributed by atoms with E-state index >= 15 is 0 Å². The van der Waals surface area contributed by atoms with Gasteiger partial charge in [0, 0.05) is 31.7 Å². The fourth-order valence-corrected chi connectivity index (χ4v) is 2.82. The molecule has 2 atom stereocenters. The maximum absolute atomic E-state index is 12.9. The van der Waals surface area contributed by atoms with Crippen molar-refractivity contribution >= 4 is 17.3 Å². The molecular formula is C20H28N4O. The Balaban J connectivity index is 2.14. The molecule has 2 rings (SSSR count). The number of hydrogen-bond donors (Lipinski definition) is 2. The van der Waals surface area contributed by atoms with E-state index in [1.165, 1.54) is 0 Å². The van der Waals surface area contributed by atoms with Crippen LogP contribution in [0.25, 0.3) is 0 Å². The normalized spacial score (nSPS) is 13.1. The number of nitrogens with zero attached hydrogens (tertiary/aromatic N) is 2. The predicted molar refractivity (Wildman–Crippen MR) is 104 cm³/mol. The van der Waals surface area contributed by atoms with E-state index in [1.807, 2.05) is 61.5 Å². The van der Waals surface area contributed by atoms with Gasteiger partial charge in [0.05, 0.1) is 11.6 Å². The van der Waals surface area contributed by atoms with E-state index in [4.69, 9.17) is 5.73 Å². The summed E-state index contributed by atoms with van der Waals surface area (Å²) in [6.07, 6.45) is 3.36. The van der Waals surface area contributed by atoms with E-state index in [2.05, 4.69) is 17.2 Å². The van der Waals surface area contributed by atoms with Crippen LogP contribution in [0.15, 0.2) is 48.7 Å². The van der Waals surface area contributed by atoms with Gasteiger partial charge in [-0.1, -0.05) is 13.0 Å². The van der Waals surface area contributed by atoms with Crippen LogP contribution in [0.5, 0.6) is 0 Å². The predicted octanol–water partition coefficient (Wildman–Crippen LogP) is 3.24. The zero-order valence-electron chi connectivity index (χ0n) is 15.3. The number of benzene rings is 1. The smallest absolute Gasteiger partial charge is 0.233 e. The van der Waals surface area contributed by atoms with E-state index in [0.717, 1.165) is 29.9 Å². The Morgan fingerprint density at radius 3 is 2.48 bits per heavy atom. The third-order valence-electron chi connectivity index (χ3n) is 4.31. The number of anilines is 2. The van der Waals surface area contributed by atoms with E-state index < -0.39 is 0 Å². The minimum atomic E-state index is -0.281. The minimum Gasteiger partial charge on any atom is -0.378 e. The number of carbonyl (C=O) groups is 1. The van der Waals surface area contributed by atoms with Crippen molar-refractivity contribution in [2.75, 3.05) is 30.9 Å². The van der Waals surface area contributed by atoms with Crippen molar-refractivity contribution < 1.29 is 4.79 Å². The highest BCUT2D eigenvalue weighted by Crippen LogP contribution is 2.26. The number of nitrogens with one attached hydrogen (secondary N) is 1. The molecule has 0 aliphatic heterocycles. The van der Waals surface area contributed by atoms with E-state index in [9.17, 15) is 4.79 Å². The molecule has 0 saturated heterocycles. The Morgan fingerprint density at radius 2 is 1.92 bits per heavy atom. The Hall–Kier alpha value is -2.40. The molecule has 2 aromatic rings. The molecule has 0 bridgehead atoms. The van der Waals surface area contributed by atoms with Crippen LogP contribution in [-0.2, 0) is 4.79 Å². The Morgan fingerprint density at radius 1 is 1.20 bits per heavy atom. The summed E-state index contributed by atoms with van der Waals surface area (Å²) < 4.78 is 0. The van der Waals surface area contributed by atoms with Crippen molar-refractivity contribution in [3.63, 3.8) is 0 Å². The SMILES string of the molecule is CC(CCN)CC(C(=O)Nc1ccc(N(C)C)cc1)c1ccccn1. The van der Waals surface area contributed by atoms with Crippen LogP contribution in [0.2, 0.25) is 0 Å². The molecule has 25 heavy (non-hydrogen) atoms. The quantitative estimate of drug-likeness (QED) is 0.774. The highest BCUT2D eigenvalue weighted by Gasteiger charge is 2.24. The molecule has 134 valence electrons. The lowest BCUT2D eigenvalue weighted by Gasteiger charge is -2.20. The Bertz CT molecular complexity index is 655. The number of hydrogen-bond acceptors (Lipinski definition) is 4. The van der Waals surface area contributed by atoms with Gasteiger partial charge in [0.15, 0.2) is 0 Å². The van der Waals surface area contributed by atoms with Crippen LogP contribution in [0, 0.1) is 5.92 Å². The standard InChI is InChI=1S/C20H28N4O/c1-15(11-12-21)14-18(19-6-4-5-13-22-19)20(25)23-16-7-9-17(10-8-16)24(2)3/h4-10,13,15,18H,11-12,14,21H2,1-3H3,(H,23,25). The average Bonchev–Trinajstić information content (AvgIpc) is 2.61. The third kappa shape index (κ3) is 5.57. The summed E-state index contributed by atoms with van der Waals surface area (Å²) in [5, 5.41) is 3.03. The van der Waals surface area contributed by atoms with Gasteiger partial charge < -0.3 is 16.0 Å². The maximum atomic E-state index is 12.9. The van der Waals surface area contributed by atoms with E-state index in [0.29, 0.717) is 12.5 Å². The molecule has 5 heteroatoms. The van der Waals surface area contributed by atoms with Crippen molar-refractivity contribution in [3.05, 3.63) is 54.4 Å². The zero-order chi connectivity index (χ0) is 18.2. The van der Waals surface area contributed by atoms with Gasteiger partial charge in [0.2, 0.25) is 5.91 Å². The molecule has 1 aromatic heterocycles. The first-order valence-corrected chi connectivity index (χ1v) is 8.70. The maximum Gasteiger partial charge on any atom is 0.233 e. The summed E-state index contributed by atoms with van der Waals surface area (Å²) in [4.78, 5) is 19.3. The van der Waals surface area contributed by atoms with Gasteiger partial charge in [-0.15, -0.1) is 0 Å². The number of pyridine rings is 1. The summed E-state index contributed by atoms with van der Waals surface area (Å²) in [5.74, 6) is 0.0512. The monoisotopic (exact) mass is 340 g/mol. The molecule has 3 N–H and O–H groups in total. The molecule has 0 fully saturated rings. The van der Waals surface area contributed by atoms with Crippen LogP contribution in [0.3, 0.4) is 0 Å². The molecular weight excluding hydrogens is 312 g/mol. The van der Waals surface area contributed by atoms with Crippen LogP contribution in [0.1, 0.15) is 31.4 Å². The van der Waals surface area contributed by atoms with Gasteiger partial charge in [0.25, 0.3) is 0 Å². The lowest BCUT2D eigenvalue weighted by Crippen LogP contribution is -2.24. The molecule has 0 aliphatic rings. The largest absolute Gasteiger partial charge is 0.378 e. The number of carbonyl (C=O) groups excluding carboxylic acids is 1. The molecule has 0 aliphatic carbocycles. The third-order valence-corrected chi connectivity index (χ3v) is 4.31. The van der Waals surface area contributed by atoms with Crippen molar-refractivity contribution in [2.24, 2.45) is 11.7 Å². The number of aromatic nitrogens is 1. The summed E-state index contributed by atoms with van der Waals surface area (Å²) in [5.41, 5.74) is 8.35. The summed E-state index contributed by atoms with van der Waals surface area (Å²) in [6, 6.07) is 13.5. The van der Waals surface area contributed by atoms with Crippen LogP contribution in [-0.4, -0.2) is 31.5 Å². The summed E-state index contributed by atoms with van der Waals surface area (Å²) >= 11 is 0. The lowest BCUT2D eigenvalue weighted by atomic mass is 9.90. The van der Waals surface area contributed by atoms with Gasteiger partial charge in [-0.3, -0.25) is 9.78 Å². The Kier molecular flexibility index (Phi) is 6.95. The second-order valence-electron chi connectivity index (χ2n) is 6.66. The summed E-state index contributed by atoms with van der Waals surface area (Å²) in [7, 11) is 3.98. The van der Waals surface area contributed by atoms with Gasteiger partial charge in [-0.2, -0.15) is 0 Å². The van der Waals surface area contributed by atoms with Crippen LogP contribution >= 0.6 is 0 Å². The summed E-state index contributed by atoms with van der Waals surface area (Å²) in [6.45, 7) is 2.76. The molecule has 1 heterocycles. The molecule has 2 unspecified atom stereocenters. The fourth-order valence-electron chi connectivity index (χ4n) is 2.82.